The monoisotopic (exact) mass is 478 g/mol. The Balaban J connectivity index is 0.00000261. The summed E-state index contributed by atoms with van der Waals surface area (Å²) in [6.07, 6.45) is 3.02. The van der Waals surface area contributed by atoms with Gasteiger partial charge in [-0.3, -0.25) is 0 Å². The number of halogens is 1. The van der Waals surface area contributed by atoms with Gasteiger partial charge in [-0.25, -0.2) is 4.99 Å². The minimum absolute atomic E-state index is 0. The molecule has 0 radical (unpaired) electrons. The normalized spacial score (nSPS) is 11.3. The van der Waals surface area contributed by atoms with Gasteiger partial charge in [0.1, 0.15) is 5.75 Å². The van der Waals surface area contributed by atoms with E-state index in [1.54, 1.807) is 12.1 Å². The lowest BCUT2D eigenvalue weighted by Crippen LogP contribution is -2.38. The molecule has 4 N–H and O–H groups in total. The first-order valence-corrected chi connectivity index (χ1v) is 9.03. The molecular weight excluding hydrogens is 451 g/mol. The summed E-state index contributed by atoms with van der Waals surface area (Å²) in [5.74, 6) is 1.08. The van der Waals surface area contributed by atoms with E-state index in [4.69, 9.17) is 0 Å². The Morgan fingerprint density at radius 2 is 1.89 bits per heavy atom. The summed E-state index contributed by atoms with van der Waals surface area (Å²) in [6, 6.07) is 13.5. The van der Waals surface area contributed by atoms with Crippen LogP contribution in [0.1, 0.15) is 23.6 Å². The number of aromatic nitrogens is 1. The second-order valence-electron chi connectivity index (χ2n) is 6.35. The lowest BCUT2D eigenvalue weighted by molar-refractivity contribution is 0.475. The Bertz CT molecular complexity index is 887. The Morgan fingerprint density at radius 3 is 2.63 bits per heavy atom. The van der Waals surface area contributed by atoms with Crippen LogP contribution in [0, 0.1) is 6.92 Å². The number of benzene rings is 2. The number of aliphatic imine (C=N–C) groups is 1. The quantitative estimate of drug-likeness (QED) is 0.245. The van der Waals surface area contributed by atoms with Crippen LogP contribution in [0.4, 0.5) is 0 Å². The number of guanidine groups is 1. The molecule has 5 nitrogen and oxygen atoms in total. The van der Waals surface area contributed by atoms with Gasteiger partial charge in [-0.05, 0) is 49.1 Å². The van der Waals surface area contributed by atoms with E-state index in [0.29, 0.717) is 6.54 Å². The van der Waals surface area contributed by atoms with Crippen molar-refractivity contribution in [2.45, 2.75) is 26.8 Å². The second-order valence-corrected chi connectivity index (χ2v) is 6.35. The van der Waals surface area contributed by atoms with Crippen LogP contribution in [0.15, 0.2) is 53.7 Å². The fourth-order valence-corrected chi connectivity index (χ4v) is 3.00. The van der Waals surface area contributed by atoms with Crippen LogP contribution in [-0.2, 0) is 13.0 Å². The number of aryl methyl sites for hydroxylation is 1. The van der Waals surface area contributed by atoms with E-state index in [-0.39, 0.29) is 29.7 Å². The topological polar surface area (TPSA) is 72.4 Å². The van der Waals surface area contributed by atoms with E-state index in [2.05, 4.69) is 58.9 Å². The van der Waals surface area contributed by atoms with Crippen LogP contribution in [-0.4, -0.2) is 29.1 Å². The van der Waals surface area contributed by atoms with Crippen molar-refractivity contribution in [3.05, 3.63) is 65.4 Å². The second kappa shape index (κ2) is 10.2. The number of nitrogens with one attached hydrogen (secondary N) is 3. The van der Waals surface area contributed by atoms with Crippen LogP contribution in [0.25, 0.3) is 10.9 Å². The molecule has 0 spiro atoms. The Kier molecular flexibility index (Phi) is 7.97. The Morgan fingerprint density at radius 1 is 1.11 bits per heavy atom. The maximum atomic E-state index is 9.35. The highest BCUT2D eigenvalue weighted by Crippen LogP contribution is 2.21. The smallest absolute Gasteiger partial charge is 0.191 e. The molecule has 0 unspecified atom stereocenters. The van der Waals surface area contributed by atoms with Gasteiger partial charge >= 0.3 is 0 Å². The first-order chi connectivity index (χ1) is 12.7. The molecular formula is C21H27IN4O. The van der Waals surface area contributed by atoms with Crippen molar-refractivity contribution in [3.8, 4) is 5.75 Å². The predicted octanol–water partition coefficient (Wildman–Crippen LogP) is 4.10. The number of H-pyrrole nitrogens is 1. The molecule has 3 aromatic rings. The molecule has 0 bridgehead atoms. The highest BCUT2D eigenvalue weighted by molar-refractivity contribution is 14.0. The standard InChI is InChI=1S/C21H26N4O.HI/c1-3-22-21(25-13-16-7-9-18(26)10-8-16)23-12-11-17-14-24-20-15(2)5-4-6-19(17)20;/h4-10,14,24,26H,3,11-13H2,1-2H3,(H2,22,23,25);1H. The van der Waals surface area contributed by atoms with Gasteiger partial charge in [-0.1, -0.05) is 30.3 Å². The summed E-state index contributed by atoms with van der Waals surface area (Å²) >= 11 is 0. The number of aromatic hydroxyl groups is 1. The van der Waals surface area contributed by atoms with E-state index < -0.39 is 0 Å². The molecule has 2 aromatic carbocycles. The highest BCUT2D eigenvalue weighted by Gasteiger charge is 2.05. The first kappa shape index (κ1) is 21.1. The van der Waals surface area contributed by atoms with Crippen LogP contribution in [0.2, 0.25) is 0 Å². The molecule has 0 saturated carbocycles. The zero-order valence-electron chi connectivity index (χ0n) is 15.7. The summed E-state index contributed by atoms with van der Waals surface area (Å²) in [4.78, 5) is 7.99. The average Bonchev–Trinajstić information content (AvgIpc) is 3.06. The third kappa shape index (κ3) is 5.63. The summed E-state index contributed by atoms with van der Waals surface area (Å²) in [5.41, 5.74) is 4.86. The van der Waals surface area contributed by atoms with E-state index >= 15 is 0 Å². The number of aromatic amines is 1. The lowest BCUT2D eigenvalue weighted by atomic mass is 10.1. The molecule has 0 aliphatic rings. The molecule has 0 aliphatic heterocycles. The largest absolute Gasteiger partial charge is 0.508 e. The van der Waals surface area contributed by atoms with Crippen molar-refractivity contribution >= 4 is 40.8 Å². The molecule has 1 aromatic heterocycles. The molecule has 0 fully saturated rings. The third-order valence-electron chi connectivity index (χ3n) is 4.40. The van der Waals surface area contributed by atoms with Crippen LogP contribution in [0.5, 0.6) is 5.75 Å². The van der Waals surface area contributed by atoms with Crippen LogP contribution < -0.4 is 10.6 Å². The SMILES string of the molecule is CCNC(=NCc1ccc(O)cc1)NCCc1c[nH]c2c(C)cccc12.I. The first-order valence-electron chi connectivity index (χ1n) is 9.03. The molecule has 3 rings (SSSR count). The van der Waals surface area contributed by atoms with Crippen molar-refractivity contribution < 1.29 is 5.11 Å². The maximum Gasteiger partial charge on any atom is 0.191 e. The fourth-order valence-electron chi connectivity index (χ4n) is 3.00. The summed E-state index contributed by atoms with van der Waals surface area (Å²) in [5, 5.41) is 17.3. The Hall–Kier alpha value is -2.22. The molecule has 144 valence electrons. The van der Waals surface area contributed by atoms with Crippen molar-refractivity contribution in [1.82, 2.24) is 15.6 Å². The van der Waals surface area contributed by atoms with Crippen LogP contribution in [0.3, 0.4) is 0 Å². The lowest BCUT2D eigenvalue weighted by Gasteiger charge is -2.11. The molecule has 0 aliphatic carbocycles. The molecule has 0 saturated heterocycles. The number of hydrogen-bond acceptors (Lipinski definition) is 2. The van der Waals surface area contributed by atoms with Crippen molar-refractivity contribution in [2.75, 3.05) is 13.1 Å². The molecule has 0 atom stereocenters. The zero-order valence-corrected chi connectivity index (χ0v) is 18.1. The highest BCUT2D eigenvalue weighted by atomic mass is 127. The minimum Gasteiger partial charge on any atom is -0.508 e. The van der Waals surface area contributed by atoms with Crippen molar-refractivity contribution in [3.63, 3.8) is 0 Å². The van der Waals surface area contributed by atoms with Gasteiger partial charge in [-0.2, -0.15) is 0 Å². The van der Waals surface area contributed by atoms with Crippen LogP contribution >= 0.6 is 24.0 Å². The Labute approximate surface area is 177 Å². The van der Waals surface area contributed by atoms with Gasteiger partial charge < -0.3 is 20.7 Å². The molecule has 0 amide bonds. The van der Waals surface area contributed by atoms with E-state index in [1.165, 1.54) is 22.0 Å². The number of hydrogen-bond donors (Lipinski definition) is 4. The summed E-state index contributed by atoms with van der Waals surface area (Å²) in [7, 11) is 0. The van der Waals surface area contributed by atoms with Gasteiger partial charge in [0.25, 0.3) is 0 Å². The fraction of sp³-hybridized carbons (Fsp3) is 0.286. The van der Waals surface area contributed by atoms with E-state index in [1.807, 2.05) is 12.1 Å². The van der Waals surface area contributed by atoms with Gasteiger partial charge in [0.15, 0.2) is 5.96 Å². The number of rotatable bonds is 6. The number of nitrogens with zero attached hydrogens (tertiary/aromatic N) is 1. The van der Waals surface area contributed by atoms with E-state index in [9.17, 15) is 5.11 Å². The molecule has 1 heterocycles. The van der Waals surface area contributed by atoms with Crippen molar-refractivity contribution in [1.29, 1.82) is 0 Å². The van der Waals surface area contributed by atoms with Gasteiger partial charge in [0.05, 0.1) is 6.54 Å². The van der Waals surface area contributed by atoms with E-state index in [0.717, 1.165) is 31.0 Å². The number of phenols is 1. The summed E-state index contributed by atoms with van der Waals surface area (Å²) in [6.45, 7) is 6.37. The van der Waals surface area contributed by atoms with Gasteiger partial charge in [0.2, 0.25) is 0 Å². The number of para-hydroxylation sites is 1. The zero-order chi connectivity index (χ0) is 18.4. The third-order valence-corrected chi connectivity index (χ3v) is 4.40. The number of fused-ring (bicyclic) bond motifs is 1. The van der Waals surface area contributed by atoms with Gasteiger partial charge in [-0.15, -0.1) is 24.0 Å². The number of phenolic OH excluding ortho intramolecular Hbond substituents is 1. The molecule has 27 heavy (non-hydrogen) atoms. The van der Waals surface area contributed by atoms with Gasteiger partial charge in [0, 0.05) is 30.2 Å². The average molecular weight is 478 g/mol. The summed E-state index contributed by atoms with van der Waals surface area (Å²) < 4.78 is 0. The predicted molar refractivity (Wildman–Crippen MR) is 123 cm³/mol. The molecule has 6 heteroatoms. The maximum absolute atomic E-state index is 9.35. The van der Waals surface area contributed by atoms with Crippen molar-refractivity contribution in [2.24, 2.45) is 4.99 Å². The minimum atomic E-state index is 0.